The van der Waals surface area contributed by atoms with Crippen LogP contribution < -0.4 is 0 Å². The van der Waals surface area contributed by atoms with Crippen molar-refractivity contribution in [1.29, 1.82) is 0 Å². The molecule has 0 amide bonds. The number of nitrogens with zero attached hydrogens (tertiary/aromatic N) is 3. The van der Waals surface area contributed by atoms with Gasteiger partial charge in [0, 0.05) is 24.4 Å². The van der Waals surface area contributed by atoms with Crippen molar-refractivity contribution in [1.82, 2.24) is 15.0 Å². The van der Waals surface area contributed by atoms with Crippen molar-refractivity contribution in [3.05, 3.63) is 29.5 Å². The predicted octanol–water partition coefficient (Wildman–Crippen LogP) is 2.33. The summed E-state index contributed by atoms with van der Waals surface area (Å²) < 4.78 is 10.8. The molecule has 0 bridgehead atoms. The first kappa shape index (κ1) is 14.1. The van der Waals surface area contributed by atoms with Crippen molar-refractivity contribution in [2.75, 3.05) is 13.2 Å². The minimum Gasteiger partial charge on any atom is -0.458 e. The second kappa shape index (κ2) is 6.73. The maximum absolute atomic E-state index is 12.0. The Hall–Kier alpha value is -1.86. The summed E-state index contributed by atoms with van der Waals surface area (Å²) in [5.41, 5.74) is 0.290. The van der Waals surface area contributed by atoms with Crippen LogP contribution in [0.5, 0.6) is 0 Å². The Balaban J connectivity index is 1.59. The molecule has 6 nitrogen and oxygen atoms in total. The van der Waals surface area contributed by atoms with Crippen molar-refractivity contribution in [2.45, 2.75) is 25.4 Å². The number of ether oxygens (including phenoxy) is 2. The zero-order chi connectivity index (χ0) is 14.5. The average Bonchev–Trinajstić information content (AvgIpc) is 3.04. The summed E-state index contributed by atoms with van der Waals surface area (Å²) in [6.45, 7) is 1.03. The molecular formula is C14H15N3O3S. The monoisotopic (exact) mass is 305 g/mol. The van der Waals surface area contributed by atoms with Crippen LogP contribution in [0.25, 0.3) is 10.8 Å². The number of rotatable bonds is 4. The Morgan fingerprint density at radius 1 is 1.38 bits per heavy atom. The van der Waals surface area contributed by atoms with Gasteiger partial charge in [-0.15, -0.1) is 11.3 Å². The van der Waals surface area contributed by atoms with Gasteiger partial charge >= 0.3 is 5.97 Å². The number of aromatic nitrogens is 3. The van der Waals surface area contributed by atoms with Gasteiger partial charge in [0.2, 0.25) is 0 Å². The summed E-state index contributed by atoms with van der Waals surface area (Å²) in [4.78, 5) is 24.4. The van der Waals surface area contributed by atoms with E-state index < -0.39 is 5.97 Å². The fourth-order valence-electron chi connectivity index (χ4n) is 2.06. The molecule has 0 saturated carbocycles. The first-order chi connectivity index (χ1) is 10.3. The minimum absolute atomic E-state index is 0.0123. The standard InChI is InChI=1S/C14H15N3O3S/c18-14(20-8-10-4-1-2-7-19-10)11-9-21-13(17-11)12-15-5-3-6-16-12/h3,5-6,9-10H,1-2,4,7-8H2. The molecule has 21 heavy (non-hydrogen) atoms. The molecular weight excluding hydrogens is 290 g/mol. The molecule has 0 N–H and O–H groups in total. The summed E-state index contributed by atoms with van der Waals surface area (Å²) in [6, 6.07) is 1.73. The van der Waals surface area contributed by atoms with Gasteiger partial charge in [-0.2, -0.15) is 0 Å². The van der Waals surface area contributed by atoms with E-state index >= 15 is 0 Å². The summed E-state index contributed by atoms with van der Waals surface area (Å²) in [5, 5.41) is 2.27. The van der Waals surface area contributed by atoms with Crippen LogP contribution in [-0.2, 0) is 9.47 Å². The summed E-state index contributed by atoms with van der Waals surface area (Å²) in [7, 11) is 0. The Morgan fingerprint density at radius 3 is 3.00 bits per heavy atom. The minimum atomic E-state index is -0.428. The van der Waals surface area contributed by atoms with Crippen LogP contribution in [0.4, 0.5) is 0 Å². The number of carbonyl (C=O) groups is 1. The van der Waals surface area contributed by atoms with E-state index in [9.17, 15) is 4.79 Å². The second-order valence-electron chi connectivity index (χ2n) is 4.70. The molecule has 1 aliphatic rings. The molecule has 1 saturated heterocycles. The van der Waals surface area contributed by atoms with Crippen LogP contribution in [0.2, 0.25) is 0 Å². The molecule has 0 radical (unpaired) electrons. The fraction of sp³-hybridized carbons (Fsp3) is 0.429. The van der Waals surface area contributed by atoms with Crippen molar-refractivity contribution in [2.24, 2.45) is 0 Å². The number of hydrogen-bond acceptors (Lipinski definition) is 7. The fourth-order valence-corrected chi connectivity index (χ4v) is 2.80. The van der Waals surface area contributed by atoms with Crippen LogP contribution in [-0.4, -0.2) is 40.2 Å². The topological polar surface area (TPSA) is 74.2 Å². The Kier molecular flexibility index (Phi) is 4.52. The lowest BCUT2D eigenvalue weighted by atomic mass is 10.1. The van der Waals surface area contributed by atoms with E-state index in [-0.39, 0.29) is 12.7 Å². The van der Waals surface area contributed by atoms with Gasteiger partial charge in [0.05, 0.1) is 6.10 Å². The quantitative estimate of drug-likeness (QED) is 0.807. The van der Waals surface area contributed by atoms with Crippen molar-refractivity contribution in [3.63, 3.8) is 0 Å². The summed E-state index contributed by atoms with van der Waals surface area (Å²) in [6.07, 6.45) is 6.43. The van der Waals surface area contributed by atoms with Crippen molar-refractivity contribution < 1.29 is 14.3 Å². The molecule has 1 unspecified atom stereocenters. The summed E-state index contributed by atoms with van der Waals surface area (Å²) in [5.74, 6) is 0.0831. The highest BCUT2D eigenvalue weighted by atomic mass is 32.1. The molecule has 1 atom stereocenters. The molecule has 0 aromatic carbocycles. The van der Waals surface area contributed by atoms with Crippen LogP contribution in [0.3, 0.4) is 0 Å². The van der Waals surface area contributed by atoms with Crippen molar-refractivity contribution in [3.8, 4) is 10.8 Å². The zero-order valence-corrected chi connectivity index (χ0v) is 12.2. The lowest BCUT2D eigenvalue weighted by molar-refractivity contribution is -0.0302. The third-order valence-electron chi connectivity index (χ3n) is 3.14. The highest BCUT2D eigenvalue weighted by molar-refractivity contribution is 7.13. The Morgan fingerprint density at radius 2 is 2.24 bits per heavy atom. The molecule has 0 aliphatic carbocycles. The lowest BCUT2D eigenvalue weighted by Gasteiger charge is -2.21. The molecule has 1 aliphatic heterocycles. The highest BCUT2D eigenvalue weighted by Crippen LogP contribution is 2.20. The third-order valence-corrected chi connectivity index (χ3v) is 3.98. The Labute approximate surface area is 126 Å². The number of esters is 1. The first-order valence-electron chi connectivity index (χ1n) is 6.84. The molecule has 2 aromatic rings. The molecule has 1 fully saturated rings. The van der Waals surface area contributed by atoms with E-state index in [1.54, 1.807) is 23.8 Å². The Bertz CT molecular complexity index is 597. The number of hydrogen-bond donors (Lipinski definition) is 0. The predicted molar refractivity (Wildman–Crippen MR) is 77.0 cm³/mol. The van der Waals surface area contributed by atoms with Crippen LogP contribution in [0.15, 0.2) is 23.8 Å². The van der Waals surface area contributed by atoms with E-state index in [0.717, 1.165) is 25.9 Å². The maximum atomic E-state index is 12.0. The second-order valence-corrected chi connectivity index (χ2v) is 5.56. The van der Waals surface area contributed by atoms with Crippen LogP contribution in [0, 0.1) is 0 Å². The lowest BCUT2D eigenvalue weighted by Crippen LogP contribution is -2.26. The smallest absolute Gasteiger partial charge is 0.357 e. The van der Waals surface area contributed by atoms with E-state index in [1.165, 1.54) is 11.3 Å². The molecule has 3 rings (SSSR count). The average molecular weight is 305 g/mol. The zero-order valence-electron chi connectivity index (χ0n) is 11.4. The van der Waals surface area contributed by atoms with Gasteiger partial charge in [0.1, 0.15) is 6.61 Å². The van der Waals surface area contributed by atoms with E-state index in [2.05, 4.69) is 15.0 Å². The van der Waals surface area contributed by atoms with Gasteiger partial charge in [-0.1, -0.05) is 0 Å². The van der Waals surface area contributed by atoms with Crippen molar-refractivity contribution >= 4 is 17.3 Å². The van der Waals surface area contributed by atoms with Gasteiger partial charge in [-0.25, -0.2) is 19.7 Å². The van der Waals surface area contributed by atoms with E-state index in [0.29, 0.717) is 16.5 Å². The molecule has 0 spiro atoms. The number of thiazole rings is 1. The first-order valence-corrected chi connectivity index (χ1v) is 7.72. The van der Waals surface area contributed by atoms with E-state index in [1.807, 2.05) is 0 Å². The number of carbonyl (C=O) groups excluding carboxylic acids is 1. The molecule has 7 heteroatoms. The van der Waals surface area contributed by atoms with Gasteiger partial charge in [-0.05, 0) is 25.3 Å². The molecule has 2 aromatic heterocycles. The van der Waals surface area contributed by atoms with Gasteiger partial charge < -0.3 is 9.47 Å². The van der Waals surface area contributed by atoms with Gasteiger partial charge in [-0.3, -0.25) is 0 Å². The largest absolute Gasteiger partial charge is 0.458 e. The van der Waals surface area contributed by atoms with Crippen LogP contribution >= 0.6 is 11.3 Å². The van der Waals surface area contributed by atoms with Gasteiger partial charge in [0.15, 0.2) is 16.5 Å². The highest BCUT2D eigenvalue weighted by Gasteiger charge is 2.19. The van der Waals surface area contributed by atoms with E-state index in [4.69, 9.17) is 9.47 Å². The molecule has 110 valence electrons. The van der Waals surface area contributed by atoms with Crippen LogP contribution in [0.1, 0.15) is 29.8 Å². The normalized spacial score (nSPS) is 18.4. The maximum Gasteiger partial charge on any atom is 0.357 e. The third kappa shape index (κ3) is 3.62. The van der Waals surface area contributed by atoms with Gasteiger partial charge in [0.25, 0.3) is 0 Å². The molecule has 3 heterocycles. The SMILES string of the molecule is O=C(OCC1CCCCO1)c1csc(-c2ncccn2)n1. The summed E-state index contributed by atoms with van der Waals surface area (Å²) >= 11 is 1.32.